The van der Waals surface area contributed by atoms with Gasteiger partial charge < -0.3 is 4.74 Å². The molecule has 0 unspecified atom stereocenters. The topological polar surface area (TPSA) is 58.6 Å². The van der Waals surface area contributed by atoms with Gasteiger partial charge in [0, 0.05) is 37.1 Å². The second-order valence-electron chi connectivity index (χ2n) is 9.85. The number of para-hydroxylation sites is 1. The molecule has 7 heteroatoms. The molecule has 6 nitrogen and oxygen atoms in total. The molecule has 1 aliphatic rings. The normalized spacial score (nSPS) is 14.2. The molecule has 3 aromatic carbocycles. The Hall–Kier alpha value is -3.65. The maximum atomic E-state index is 14.5. The lowest BCUT2D eigenvalue weighted by Gasteiger charge is -2.28. The van der Waals surface area contributed by atoms with E-state index in [0.29, 0.717) is 12.1 Å². The van der Waals surface area contributed by atoms with Crippen LogP contribution in [0.15, 0.2) is 78.9 Å². The predicted molar refractivity (Wildman–Crippen MR) is 160 cm³/mol. The number of fused-ring (bicyclic) bond motifs is 2. The number of benzene rings is 3. The molecule has 0 atom stereocenters. The van der Waals surface area contributed by atoms with Crippen LogP contribution in [0.5, 0.6) is 0 Å². The molecular weight excluding hydrogens is 504 g/mol. The molecule has 39 heavy (non-hydrogen) atoms. The standard InChI is InChI=1S/C32H32N4O2S/c1-2-23-13-14-28-30(21-23)39-32(34-28)36(16-8-15-35-17-19-38-20-18-35)31(37)26-22-29(24-9-4-3-5-10-24)33-27-12-7-6-11-25(26)27/h3-7,9-14,21-22H,2,8,15-20H2,1H3. The first-order valence-electron chi connectivity index (χ1n) is 13.7. The predicted octanol–water partition coefficient (Wildman–Crippen LogP) is 6.44. The van der Waals surface area contributed by atoms with Crippen LogP contribution in [0.3, 0.4) is 0 Å². The number of aromatic nitrogens is 2. The van der Waals surface area contributed by atoms with Gasteiger partial charge in [-0.25, -0.2) is 9.97 Å². The molecule has 1 saturated heterocycles. The first-order valence-corrected chi connectivity index (χ1v) is 14.5. The number of amides is 1. The van der Waals surface area contributed by atoms with Gasteiger partial charge in [-0.3, -0.25) is 14.6 Å². The molecule has 0 N–H and O–H groups in total. The Bertz CT molecular complexity index is 1590. The summed E-state index contributed by atoms with van der Waals surface area (Å²) in [6.07, 6.45) is 1.83. The molecule has 1 fully saturated rings. The molecule has 0 aliphatic carbocycles. The minimum atomic E-state index is -0.0393. The number of hydrogen-bond acceptors (Lipinski definition) is 6. The van der Waals surface area contributed by atoms with Crippen LogP contribution in [0.25, 0.3) is 32.4 Å². The van der Waals surface area contributed by atoms with Crippen LogP contribution in [0.1, 0.15) is 29.3 Å². The summed E-state index contributed by atoms with van der Waals surface area (Å²) in [6, 6.07) is 26.3. The SMILES string of the molecule is CCc1ccc2nc(N(CCCN3CCOCC3)C(=O)c3cc(-c4ccccc4)nc4ccccc34)sc2c1. The highest BCUT2D eigenvalue weighted by atomic mass is 32.1. The van der Waals surface area contributed by atoms with Crippen LogP contribution in [0.2, 0.25) is 0 Å². The zero-order chi connectivity index (χ0) is 26.6. The summed E-state index contributed by atoms with van der Waals surface area (Å²) < 4.78 is 6.62. The maximum absolute atomic E-state index is 14.5. The van der Waals surface area contributed by atoms with Crippen molar-refractivity contribution in [1.82, 2.24) is 14.9 Å². The van der Waals surface area contributed by atoms with E-state index >= 15 is 0 Å². The summed E-state index contributed by atoms with van der Waals surface area (Å²) in [4.78, 5) is 28.6. The molecule has 3 heterocycles. The van der Waals surface area contributed by atoms with Crippen LogP contribution in [0.4, 0.5) is 5.13 Å². The van der Waals surface area contributed by atoms with Gasteiger partial charge in [0.15, 0.2) is 5.13 Å². The van der Waals surface area contributed by atoms with Crippen molar-refractivity contribution in [2.45, 2.75) is 19.8 Å². The van der Waals surface area contributed by atoms with Crippen molar-refractivity contribution in [3.05, 3.63) is 90.0 Å². The van der Waals surface area contributed by atoms with Crippen LogP contribution >= 0.6 is 11.3 Å². The highest BCUT2D eigenvalue weighted by molar-refractivity contribution is 7.22. The lowest BCUT2D eigenvalue weighted by Crippen LogP contribution is -2.39. The van der Waals surface area contributed by atoms with E-state index in [-0.39, 0.29) is 5.91 Å². The van der Waals surface area contributed by atoms with Gasteiger partial charge in [-0.1, -0.05) is 72.9 Å². The fraction of sp³-hybridized carbons (Fsp3) is 0.281. The lowest BCUT2D eigenvalue weighted by molar-refractivity contribution is 0.0376. The molecule has 6 rings (SSSR count). The number of anilines is 1. The van der Waals surface area contributed by atoms with Crippen LogP contribution < -0.4 is 4.90 Å². The van der Waals surface area contributed by atoms with Crippen molar-refractivity contribution in [2.24, 2.45) is 0 Å². The number of rotatable bonds is 8. The fourth-order valence-corrected chi connectivity index (χ4v) is 6.16. The van der Waals surface area contributed by atoms with E-state index < -0.39 is 0 Å². The van der Waals surface area contributed by atoms with Crippen molar-refractivity contribution in [2.75, 3.05) is 44.3 Å². The molecule has 2 aromatic heterocycles. The summed E-state index contributed by atoms with van der Waals surface area (Å²) in [5.41, 5.74) is 5.45. The number of thiazole rings is 1. The van der Waals surface area contributed by atoms with Gasteiger partial charge in [-0.05, 0) is 42.7 Å². The Morgan fingerprint density at radius 1 is 0.949 bits per heavy atom. The maximum Gasteiger partial charge on any atom is 0.260 e. The third-order valence-corrected chi connectivity index (χ3v) is 8.34. The summed E-state index contributed by atoms with van der Waals surface area (Å²) in [6.45, 7) is 7.08. The zero-order valence-electron chi connectivity index (χ0n) is 22.2. The van der Waals surface area contributed by atoms with E-state index in [0.717, 1.165) is 83.2 Å². The number of carbonyl (C=O) groups excluding carboxylic acids is 1. The minimum Gasteiger partial charge on any atom is -0.379 e. The van der Waals surface area contributed by atoms with Crippen LogP contribution in [0, 0.1) is 0 Å². The van der Waals surface area contributed by atoms with Gasteiger partial charge in [0.25, 0.3) is 5.91 Å². The monoisotopic (exact) mass is 536 g/mol. The Labute approximate surface area is 232 Å². The Morgan fingerprint density at radius 2 is 1.74 bits per heavy atom. The third kappa shape index (κ3) is 5.57. The Kier molecular flexibility index (Phi) is 7.63. The molecular formula is C32H32N4O2S. The molecule has 1 aliphatic heterocycles. The quantitative estimate of drug-likeness (QED) is 0.228. The Morgan fingerprint density at radius 3 is 2.56 bits per heavy atom. The molecule has 0 radical (unpaired) electrons. The third-order valence-electron chi connectivity index (χ3n) is 7.30. The van der Waals surface area contributed by atoms with E-state index in [1.807, 2.05) is 65.6 Å². The van der Waals surface area contributed by atoms with E-state index in [1.54, 1.807) is 11.3 Å². The smallest absolute Gasteiger partial charge is 0.260 e. The summed E-state index contributed by atoms with van der Waals surface area (Å²) >= 11 is 1.59. The first kappa shape index (κ1) is 25.6. The molecule has 0 saturated carbocycles. The van der Waals surface area contributed by atoms with Crippen molar-refractivity contribution in [3.63, 3.8) is 0 Å². The number of aryl methyl sites for hydroxylation is 1. The van der Waals surface area contributed by atoms with Crippen molar-refractivity contribution < 1.29 is 9.53 Å². The summed E-state index contributed by atoms with van der Waals surface area (Å²) in [5.74, 6) is -0.0393. The number of hydrogen-bond donors (Lipinski definition) is 0. The number of carbonyl (C=O) groups is 1. The lowest BCUT2D eigenvalue weighted by atomic mass is 10.0. The van der Waals surface area contributed by atoms with Gasteiger partial charge in [-0.2, -0.15) is 0 Å². The summed E-state index contributed by atoms with van der Waals surface area (Å²) in [5, 5.41) is 1.60. The van der Waals surface area contributed by atoms with Gasteiger partial charge in [-0.15, -0.1) is 0 Å². The Balaban J connectivity index is 1.39. The highest BCUT2D eigenvalue weighted by Crippen LogP contribution is 2.33. The molecule has 0 bridgehead atoms. The second-order valence-corrected chi connectivity index (χ2v) is 10.9. The van der Waals surface area contributed by atoms with Crippen LogP contribution in [-0.4, -0.2) is 60.2 Å². The molecule has 5 aromatic rings. The molecule has 0 spiro atoms. The number of ether oxygens (including phenoxy) is 1. The van der Waals surface area contributed by atoms with Crippen LogP contribution in [-0.2, 0) is 11.2 Å². The average Bonchev–Trinajstić information content (AvgIpc) is 3.42. The van der Waals surface area contributed by atoms with Crippen molar-refractivity contribution >= 4 is 43.5 Å². The second kappa shape index (κ2) is 11.6. The number of pyridine rings is 1. The van der Waals surface area contributed by atoms with Crippen molar-refractivity contribution in [3.8, 4) is 11.3 Å². The van der Waals surface area contributed by atoms with Gasteiger partial charge in [0.1, 0.15) is 0 Å². The molecule has 1 amide bonds. The largest absolute Gasteiger partial charge is 0.379 e. The van der Waals surface area contributed by atoms with Gasteiger partial charge in [0.2, 0.25) is 0 Å². The van der Waals surface area contributed by atoms with E-state index in [9.17, 15) is 4.79 Å². The van der Waals surface area contributed by atoms with Gasteiger partial charge in [0.05, 0.1) is 40.2 Å². The fourth-order valence-electron chi connectivity index (χ4n) is 5.11. The number of nitrogens with zero attached hydrogens (tertiary/aromatic N) is 4. The van der Waals surface area contributed by atoms with E-state index in [1.165, 1.54) is 5.56 Å². The summed E-state index contributed by atoms with van der Waals surface area (Å²) in [7, 11) is 0. The zero-order valence-corrected chi connectivity index (χ0v) is 23.0. The van der Waals surface area contributed by atoms with Gasteiger partial charge >= 0.3 is 0 Å². The minimum absolute atomic E-state index is 0.0393. The van der Waals surface area contributed by atoms with E-state index in [4.69, 9.17) is 14.7 Å². The number of morpholine rings is 1. The van der Waals surface area contributed by atoms with E-state index in [2.05, 4.69) is 30.0 Å². The average molecular weight is 537 g/mol. The highest BCUT2D eigenvalue weighted by Gasteiger charge is 2.24. The van der Waals surface area contributed by atoms with Crippen molar-refractivity contribution in [1.29, 1.82) is 0 Å². The molecule has 198 valence electrons. The first-order chi connectivity index (χ1) is 19.2.